The highest BCUT2D eigenvalue weighted by molar-refractivity contribution is 7.99. The van der Waals surface area contributed by atoms with E-state index in [4.69, 9.17) is 0 Å². The zero-order valence-electron chi connectivity index (χ0n) is 11.0. The van der Waals surface area contributed by atoms with Crippen LogP contribution in [-0.4, -0.2) is 49.1 Å². The van der Waals surface area contributed by atoms with Crippen LogP contribution >= 0.6 is 11.8 Å². The zero-order valence-corrected chi connectivity index (χ0v) is 11.8. The normalized spacial score (nSPS) is 21.6. The molecule has 1 unspecified atom stereocenters. The fourth-order valence-electron chi connectivity index (χ4n) is 2.39. The van der Waals surface area contributed by atoms with Gasteiger partial charge in [-0.1, -0.05) is 13.8 Å². The highest BCUT2D eigenvalue weighted by atomic mass is 32.2. The molecular formula is C13H28N2S. The van der Waals surface area contributed by atoms with E-state index in [2.05, 4.69) is 35.8 Å². The molecule has 0 aromatic carbocycles. The second-order valence-electron chi connectivity index (χ2n) is 4.71. The van der Waals surface area contributed by atoms with Gasteiger partial charge in [0.2, 0.25) is 0 Å². The molecule has 0 bridgehead atoms. The number of hydrogen-bond acceptors (Lipinski definition) is 3. The van der Waals surface area contributed by atoms with Crippen molar-refractivity contribution in [2.75, 3.05) is 44.2 Å². The van der Waals surface area contributed by atoms with Crippen molar-refractivity contribution in [3.63, 3.8) is 0 Å². The molecule has 16 heavy (non-hydrogen) atoms. The van der Waals surface area contributed by atoms with Gasteiger partial charge in [-0.25, -0.2) is 0 Å². The molecule has 96 valence electrons. The number of rotatable bonds is 8. The van der Waals surface area contributed by atoms with E-state index in [0.717, 1.165) is 5.92 Å². The van der Waals surface area contributed by atoms with E-state index in [0.29, 0.717) is 0 Å². The lowest BCUT2D eigenvalue weighted by atomic mass is 9.99. The van der Waals surface area contributed by atoms with Crippen LogP contribution in [0.25, 0.3) is 0 Å². The lowest BCUT2D eigenvalue weighted by Crippen LogP contribution is -2.39. The smallest absolute Gasteiger partial charge is 0.00725 e. The van der Waals surface area contributed by atoms with Crippen molar-refractivity contribution in [1.29, 1.82) is 0 Å². The monoisotopic (exact) mass is 244 g/mol. The van der Waals surface area contributed by atoms with Gasteiger partial charge in [0.25, 0.3) is 0 Å². The summed E-state index contributed by atoms with van der Waals surface area (Å²) in [6.07, 6.45) is 4.08. The molecule has 1 heterocycles. The maximum atomic E-state index is 3.52. The topological polar surface area (TPSA) is 15.3 Å². The molecule has 0 aromatic rings. The summed E-state index contributed by atoms with van der Waals surface area (Å²) in [5.74, 6) is 3.45. The lowest BCUT2D eigenvalue weighted by Gasteiger charge is -2.29. The molecule has 1 atom stereocenters. The molecule has 3 heteroatoms. The van der Waals surface area contributed by atoms with Gasteiger partial charge < -0.3 is 10.2 Å². The van der Waals surface area contributed by atoms with E-state index in [1.807, 2.05) is 0 Å². The van der Waals surface area contributed by atoms with Crippen molar-refractivity contribution < 1.29 is 0 Å². The Hall–Kier alpha value is 0.270. The highest BCUT2D eigenvalue weighted by Gasteiger charge is 2.16. The van der Waals surface area contributed by atoms with Gasteiger partial charge in [-0.3, -0.25) is 0 Å². The minimum Gasteiger partial charge on any atom is -0.316 e. The first-order valence-corrected chi connectivity index (χ1v) is 8.03. The van der Waals surface area contributed by atoms with Crippen molar-refractivity contribution in [3.05, 3.63) is 0 Å². The Labute approximate surface area is 106 Å². The van der Waals surface area contributed by atoms with Crippen molar-refractivity contribution in [2.24, 2.45) is 5.92 Å². The average Bonchev–Trinajstić information content (AvgIpc) is 2.31. The van der Waals surface area contributed by atoms with Crippen molar-refractivity contribution in [2.45, 2.75) is 33.1 Å². The Morgan fingerprint density at radius 2 is 2.19 bits per heavy atom. The standard InChI is InChI=1S/C13H28N2S/c1-3-8-15(9-10-16-4-2)12-13-6-5-7-14-11-13/h13-14H,3-12H2,1-2H3. The van der Waals surface area contributed by atoms with Gasteiger partial charge in [-0.05, 0) is 50.6 Å². The van der Waals surface area contributed by atoms with Gasteiger partial charge in [0, 0.05) is 18.8 Å². The predicted molar refractivity (Wildman–Crippen MR) is 75.3 cm³/mol. The fourth-order valence-corrected chi connectivity index (χ4v) is 3.07. The lowest BCUT2D eigenvalue weighted by molar-refractivity contribution is 0.218. The van der Waals surface area contributed by atoms with Gasteiger partial charge >= 0.3 is 0 Å². The van der Waals surface area contributed by atoms with E-state index in [9.17, 15) is 0 Å². The van der Waals surface area contributed by atoms with Crippen LogP contribution in [0.4, 0.5) is 0 Å². The number of hydrogen-bond donors (Lipinski definition) is 1. The molecular weight excluding hydrogens is 216 g/mol. The summed E-state index contributed by atoms with van der Waals surface area (Å²) in [4.78, 5) is 2.67. The maximum Gasteiger partial charge on any atom is 0.00725 e. The average molecular weight is 244 g/mol. The van der Waals surface area contributed by atoms with Crippen LogP contribution in [0.15, 0.2) is 0 Å². The molecule has 0 amide bonds. The summed E-state index contributed by atoms with van der Waals surface area (Å²) in [6, 6.07) is 0. The van der Waals surface area contributed by atoms with E-state index < -0.39 is 0 Å². The Morgan fingerprint density at radius 1 is 1.31 bits per heavy atom. The first kappa shape index (κ1) is 14.3. The van der Waals surface area contributed by atoms with Gasteiger partial charge in [0.15, 0.2) is 0 Å². The molecule has 1 fully saturated rings. The first-order valence-electron chi connectivity index (χ1n) is 6.87. The van der Waals surface area contributed by atoms with Crippen LogP contribution in [0.1, 0.15) is 33.1 Å². The number of thioether (sulfide) groups is 1. The summed E-state index contributed by atoms with van der Waals surface area (Å²) in [5, 5.41) is 3.52. The summed E-state index contributed by atoms with van der Waals surface area (Å²) in [5.41, 5.74) is 0. The van der Waals surface area contributed by atoms with Crippen LogP contribution in [0.5, 0.6) is 0 Å². The van der Waals surface area contributed by atoms with Gasteiger partial charge in [-0.2, -0.15) is 11.8 Å². The third-order valence-corrected chi connectivity index (χ3v) is 4.09. The van der Waals surface area contributed by atoms with E-state index >= 15 is 0 Å². The summed E-state index contributed by atoms with van der Waals surface area (Å²) >= 11 is 2.07. The molecule has 1 aliphatic heterocycles. The zero-order chi connectivity index (χ0) is 11.6. The molecule has 0 aromatic heterocycles. The van der Waals surface area contributed by atoms with Gasteiger partial charge in [0.05, 0.1) is 0 Å². The fraction of sp³-hybridized carbons (Fsp3) is 1.00. The third-order valence-electron chi connectivity index (χ3n) is 3.21. The van der Waals surface area contributed by atoms with Crippen molar-refractivity contribution in [1.82, 2.24) is 10.2 Å². The first-order chi connectivity index (χ1) is 7.86. The molecule has 0 aliphatic carbocycles. The molecule has 0 saturated carbocycles. The van der Waals surface area contributed by atoms with Crippen LogP contribution in [0, 0.1) is 5.92 Å². The molecule has 0 radical (unpaired) electrons. The van der Waals surface area contributed by atoms with Crippen molar-refractivity contribution >= 4 is 11.8 Å². The van der Waals surface area contributed by atoms with Gasteiger partial charge in [0.1, 0.15) is 0 Å². The summed E-state index contributed by atoms with van der Waals surface area (Å²) < 4.78 is 0. The van der Waals surface area contributed by atoms with E-state index in [-0.39, 0.29) is 0 Å². The maximum absolute atomic E-state index is 3.52. The second kappa shape index (κ2) is 9.32. The SMILES string of the molecule is CCCN(CCSCC)CC1CCCNC1. The minimum absolute atomic E-state index is 0.895. The highest BCUT2D eigenvalue weighted by Crippen LogP contribution is 2.12. The molecule has 1 rings (SSSR count). The van der Waals surface area contributed by atoms with Crippen LogP contribution in [0.2, 0.25) is 0 Å². The molecule has 0 spiro atoms. The van der Waals surface area contributed by atoms with E-state index in [1.54, 1.807) is 0 Å². The summed E-state index contributed by atoms with van der Waals surface area (Å²) in [6.45, 7) is 10.9. The predicted octanol–water partition coefficient (Wildman–Crippen LogP) is 2.45. The van der Waals surface area contributed by atoms with Crippen LogP contribution in [0.3, 0.4) is 0 Å². The minimum atomic E-state index is 0.895. The Balaban J connectivity index is 2.19. The number of piperidine rings is 1. The number of nitrogens with zero attached hydrogens (tertiary/aromatic N) is 1. The molecule has 2 nitrogen and oxygen atoms in total. The van der Waals surface area contributed by atoms with Crippen molar-refractivity contribution in [3.8, 4) is 0 Å². The largest absolute Gasteiger partial charge is 0.316 e. The quantitative estimate of drug-likeness (QED) is 0.660. The van der Waals surface area contributed by atoms with Crippen LogP contribution in [-0.2, 0) is 0 Å². The number of nitrogens with one attached hydrogen (secondary N) is 1. The second-order valence-corrected chi connectivity index (χ2v) is 6.10. The van der Waals surface area contributed by atoms with Gasteiger partial charge in [-0.15, -0.1) is 0 Å². The Bertz CT molecular complexity index is 158. The van der Waals surface area contributed by atoms with Crippen LogP contribution < -0.4 is 5.32 Å². The molecule has 1 saturated heterocycles. The Morgan fingerprint density at radius 3 is 2.81 bits per heavy atom. The molecule has 1 aliphatic rings. The van der Waals surface area contributed by atoms with E-state index in [1.165, 1.54) is 63.5 Å². The summed E-state index contributed by atoms with van der Waals surface area (Å²) in [7, 11) is 0. The molecule has 1 N–H and O–H groups in total. The third kappa shape index (κ3) is 6.12. The Kier molecular flexibility index (Phi) is 8.34.